The summed E-state index contributed by atoms with van der Waals surface area (Å²) in [5, 5.41) is 9.99. The smallest absolute Gasteiger partial charge is 0.338 e. The summed E-state index contributed by atoms with van der Waals surface area (Å²) in [6.07, 6.45) is -1.29. The van der Waals surface area contributed by atoms with E-state index in [1.165, 1.54) is 0 Å². The van der Waals surface area contributed by atoms with Crippen molar-refractivity contribution in [2.75, 3.05) is 6.61 Å². The predicted molar refractivity (Wildman–Crippen MR) is 83.4 cm³/mol. The summed E-state index contributed by atoms with van der Waals surface area (Å²) in [4.78, 5) is 11.8. The number of esters is 1. The van der Waals surface area contributed by atoms with E-state index < -0.39 is 18.2 Å². The third-order valence-corrected chi connectivity index (χ3v) is 3.29. The third kappa shape index (κ3) is 4.98. The van der Waals surface area contributed by atoms with Gasteiger partial charge in [-0.2, -0.15) is 0 Å². The van der Waals surface area contributed by atoms with E-state index in [-0.39, 0.29) is 6.61 Å². The van der Waals surface area contributed by atoms with Gasteiger partial charge in [-0.3, -0.25) is 0 Å². The van der Waals surface area contributed by atoms with Crippen LogP contribution in [0.3, 0.4) is 0 Å². The molecule has 2 aromatic carbocycles. The first-order valence-electron chi connectivity index (χ1n) is 7.22. The van der Waals surface area contributed by atoms with Gasteiger partial charge in [-0.15, -0.1) is 0 Å². The second-order valence-corrected chi connectivity index (χ2v) is 5.03. The van der Waals surface area contributed by atoms with Crippen LogP contribution >= 0.6 is 0 Å². The standard InChI is InChI=1S/C18H20O4/c1-14(21-12-15-8-4-2-5-9-15)17(19)13-22-18(20)16-10-6-3-7-11-16/h2-11,14,17,19H,12-13H2,1H3/t14-,17?/m0/s1. The molecule has 0 spiro atoms. The van der Waals surface area contributed by atoms with Gasteiger partial charge >= 0.3 is 5.97 Å². The first-order chi connectivity index (χ1) is 10.7. The summed E-state index contributed by atoms with van der Waals surface area (Å²) in [6.45, 7) is 2.07. The van der Waals surface area contributed by atoms with E-state index in [2.05, 4.69) is 0 Å². The van der Waals surface area contributed by atoms with Gasteiger partial charge in [-0.1, -0.05) is 48.5 Å². The fraction of sp³-hybridized carbons (Fsp3) is 0.278. The minimum absolute atomic E-state index is 0.0936. The highest BCUT2D eigenvalue weighted by molar-refractivity contribution is 5.89. The van der Waals surface area contributed by atoms with E-state index in [1.807, 2.05) is 36.4 Å². The molecule has 0 radical (unpaired) electrons. The van der Waals surface area contributed by atoms with Gasteiger partial charge in [-0.25, -0.2) is 4.79 Å². The maximum atomic E-state index is 11.8. The summed E-state index contributed by atoms with van der Waals surface area (Å²) in [7, 11) is 0. The molecular weight excluding hydrogens is 280 g/mol. The molecule has 2 atom stereocenters. The minimum atomic E-state index is -0.864. The molecule has 1 unspecified atom stereocenters. The lowest BCUT2D eigenvalue weighted by atomic mass is 10.2. The van der Waals surface area contributed by atoms with Crippen molar-refractivity contribution in [3.63, 3.8) is 0 Å². The van der Waals surface area contributed by atoms with Crippen LogP contribution in [0.25, 0.3) is 0 Å². The lowest BCUT2D eigenvalue weighted by molar-refractivity contribution is -0.0605. The van der Waals surface area contributed by atoms with E-state index in [4.69, 9.17) is 9.47 Å². The monoisotopic (exact) mass is 300 g/mol. The number of hydrogen-bond donors (Lipinski definition) is 1. The first kappa shape index (κ1) is 16.2. The molecule has 22 heavy (non-hydrogen) atoms. The number of ether oxygens (including phenoxy) is 2. The molecule has 0 aromatic heterocycles. The van der Waals surface area contributed by atoms with Gasteiger partial charge in [0.05, 0.1) is 18.3 Å². The third-order valence-electron chi connectivity index (χ3n) is 3.29. The molecule has 0 aliphatic carbocycles. The van der Waals surface area contributed by atoms with Crippen LogP contribution in [0.15, 0.2) is 60.7 Å². The molecule has 0 aliphatic rings. The SMILES string of the molecule is C[C@H](OCc1ccccc1)C(O)COC(=O)c1ccccc1. The second-order valence-electron chi connectivity index (χ2n) is 5.03. The van der Waals surface area contributed by atoms with Crippen LogP contribution in [-0.4, -0.2) is 29.9 Å². The Morgan fingerprint density at radius 2 is 1.64 bits per heavy atom. The van der Waals surface area contributed by atoms with Crippen LogP contribution in [0.1, 0.15) is 22.8 Å². The summed E-state index contributed by atoms with van der Waals surface area (Å²) >= 11 is 0. The quantitative estimate of drug-likeness (QED) is 0.799. The Labute approximate surface area is 130 Å². The van der Waals surface area contributed by atoms with Crippen molar-refractivity contribution < 1.29 is 19.4 Å². The van der Waals surface area contributed by atoms with Crippen LogP contribution in [-0.2, 0) is 16.1 Å². The number of rotatable bonds is 7. The summed E-state index contributed by atoms with van der Waals surface area (Å²) in [6, 6.07) is 18.4. The molecule has 0 saturated carbocycles. The molecule has 0 bridgehead atoms. The lowest BCUT2D eigenvalue weighted by Gasteiger charge is -2.19. The fourth-order valence-electron chi connectivity index (χ4n) is 1.87. The highest BCUT2D eigenvalue weighted by atomic mass is 16.5. The van der Waals surface area contributed by atoms with Crippen molar-refractivity contribution in [3.8, 4) is 0 Å². The molecule has 0 saturated heterocycles. The van der Waals surface area contributed by atoms with E-state index in [0.717, 1.165) is 5.56 Å². The maximum absolute atomic E-state index is 11.8. The zero-order valence-corrected chi connectivity index (χ0v) is 12.5. The number of carbonyl (C=O) groups excluding carboxylic acids is 1. The first-order valence-corrected chi connectivity index (χ1v) is 7.22. The van der Waals surface area contributed by atoms with Crippen LogP contribution in [0.2, 0.25) is 0 Å². The maximum Gasteiger partial charge on any atom is 0.338 e. The van der Waals surface area contributed by atoms with Gasteiger partial charge < -0.3 is 14.6 Å². The van der Waals surface area contributed by atoms with Crippen molar-refractivity contribution in [1.82, 2.24) is 0 Å². The number of aliphatic hydroxyl groups is 1. The van der Waals surface area contributed by atoms with Gasteiger partial charge in [-0.05, 0) is 24.6 Å². The molecule has 2 rings (SSSR count). The van der Waals surface area contributed by atoms with E-state index >= 15 is 0 Å². The average Bonchev–Trinajstić information content (AvgIpc) is 2.58. The molecule has 116 valence electrons. The summed E-state index contributed by atoms with van der Waals surface area (Å²) < 4.78 is 10.7. The zero-order valence-electron chi connectivity index (χ0n) is 12.5. The zero-order chi connectivity index (χ0) is 15.8. The largest absolute Gasteiger partial charge is 0.459 e. The van der Waals surface area contributed by atoms with Crippen molar-refractivity contribution in [1.29, 1.82) is 0 Å². The molecule has 0 fully saturated rings. The van der Waals surface area contributed by atoms with E-state index in [9.17, 15) is 9.90 Å². The molecule has 0 heterocycles. The van der Waals surface area contributed by atoms with Gasteiger partial charge in [0.1, 0.15) is 12.7 Å². The molecule has 4 heteroatoms. The molecule has 0 amide bonds. The number of benzene rings is 2. The molecule has 4 nitrogen and oxygen atoms in total. The van der Waals surface area contributed by atoms with Crippen LogP contribution in [0.4, 0.5) is 0 Å². The fourth-order valence-corrected chi connectivity index (χ4v) is 1.87. The summed E-state index contributed by atoms with van der Waals surface area (Å²) in [5.41, 5.74) is 1.50. The molecular formula is C18H20O4. The molecule has 0 aliphatic heterocycles. The van der Waals surface area contributed by atoms with Crippen LogP contribution in [0.5, 0.6) is 0 Å². The second kappa shape index (κ2) is 8.32. The van der Waals surface area contributed by atoms with Crippen LogP contribution < -0.4 is 0 Å². The predicted octanol–water partition coefficient (Wildman–Crippen LogP) is 2.81. The van der Waals surface area contributed by atoms with Gasteiger partial charge in [0.25, 0.3) is 0 Å². The van der Waals surface area contributed by atoms with E-state index in [1.54, 1.807) is 31.2 Å². The Balaban J connectivity index is 1.74. The van der Waals surface area contributed by atoms with Crippen molar-refractivity contribution >= 4 is 5.97 Å². The van der Waals surface area contributed by atoms with Crippen molar-refractivity contribution in [3.05, 3.63) is 71.8 Å². The Kier molecular flexibility index (Phi) is 6.13. The Bertz CT molecular complexity index is 568. The lowest BCUT2D eigenvalue weighted by Crippen LogP contribution is -2.31. The highest BCUT2D eigenvalue weighted by Crippen LogP contribution is 2.08. The van der Waals surface area contributed by atoms with Gasteiger partial charge in [0.2, 0.25) is 0 Å². The summed E-state index contributed by atoms with van der Waals surface area (Å²) in [5.74, 6) is -0.449. The Morgan fingerprint density at radius 3 is 2.27 bits per heavy atom. The van der Waals surface area contributed by atoms with E-state index in [0.29, 0.717) is 12.2 Å². The number of hydrogen-bond acceptors (Lipinski definition) is 4. The average molecular weight is 300 g/mol. The van der Waals surface area contributed by atoms with Gasteiger partial charge in [0, 0.05) is 0 Å². The molecule has 1 N–H and O–H groups in total. The van der Waals surface area contributed by atoms with Crippen LogP contribution in [0, 0.1) is 0 Å². The normalized spacial score (nSPS) is 13.4. The topological polar surface area (TPSA) is 55.8 Å². The van der Waals surface area contributed by atoms with Crippen molar-refractivity contribution in [2.45, 2.75) is 25.7 Å². The minimum Gasteiger partial charge on any atom is -0.459 e. The van der Waals surface area contributed by atoms with Crippen molar-refractivity contribution in [2.24, 2.45) is 0 Å². The Hall–Kier alpha value is -2.17. The highest BCUT2D eigenvalue weighted by Gasteiger charge is 2.17. The Morgan fingerprint density at radius 1 is 1.05 bits per heavy atom. The number of carbonyl (C=O) groups is 1. The molecule has 2 aromatic rings. The number of aliphatic hydroxyl groups excluding tert-OH is 1. The van der Waals surface area contributed by atoms with Gasteiger partial charge in [0.15, 0.2) is 0 Å².